The minimum Gasteiger partial charge on any atom is -0.469 e. The molecule has 0 fully saturated rings. The van der Waals surface area contributed by atoms with Gasteiger partial charge in [-0.05, 0) is 43.9 Å². The lowest BCUT2D eigenvalue weighted by molar-refractivity contribution is -0.121. The van der Waals surface area contributed by atoms with Gasteiger partial charge >= 0.3 is 0 Å². The summed E-state index contributed by atoms with van der Waals surface area (Å²) in [5.74, 6) is 0.964. The summed E-state index contributed by atoms with van der Waals surface area (Å²) in [6, 6.07) is 12.4. The summed E-state index contributed by atoms with van der Waals surface area (Å²) in [4.78, 5) is 11.7. The summed E-state index contributed by atoms with van der Waals surface area (Å²) in [6.45, 7) is 2.85. The summed E-state index contributed by atoms with van der Waals surface area (Å²) < 4.78 is 5.20. The molecule has 0 bridgehead atoms. The van der Waals surface area contributed by atoms with Crippen LogP contribution in [0.4, 0.5) is 0 Å². The largest absolute Gasteiger partial charge is 0.469 e. The van der Waals surface area contributed by atoms with E-state index in [2.05, 4.69) is 36.5 Å². The molecule has 2 aromatic rings. The minimum absolute atomic E-state index is 0.0988. The maximum Gasteiger partial charge on any atom is 0.220 e. The van der Waals surface area contributed by atoms with Crippen LogP contribution in [0.15, 0.2) is 47.1 Å². The first-order valence-electron chi connectivity index (χ1n) is 7.58. The molecule has 1 heterocycles. The molecule has 21 heavy (non-hydrogen) atoms. The van der Waals surface area contributed by atoms with E-state index in [0.29, 0.717) is 12.8 Å². The number of carbonyl (C=O) groups is 1. The van der Waals surface area contributed by atoms with E-state index in [0.717, 1.165) is 31.6 Å². The predicted octanol–water partition coefficient (Wildman–Crippen LogP) is 3.66. The predicted molar refractivity (Wildman–Crippen MR) is 84.2 cm³/mol. The molecule has 0 spiro atoms. The molecule has 0 saturated heterocycles. The van der Waals surface area contributed by atoms with Crippen molar-refractivity contribution in [2.24, 2.45) is 0 Å². The zero-order valence-corrected chi connectivity index (χ0v) is 12.6. The third kappa shape index (κ3) is 5.86. The second-order valence-electron chi connectivity index (χ2n) is 5.37. The van der Waals surface area contributed by atoms with E-state index in [1.807, 2.05) is 12.1 Å². The highest BCUT2D eigenvalue weighted by atomic mass is 16.3. The molecule has 1 amide bonds. The van der Waals surface area contributed by atoms with Crippen LogP contribution >= 0.6 is 0 Å². The quantitative estimate of drug-likeness (QED) is 0.752. The summed E-state index contributed by atoms with van der Waals surface area (Å²) in [5.41, 5.74) is 2.66. The van der Waals surface area contributed by atoms with Gasteiger partial charge in [0, 0.05) is 19.4 Å². The van der Waals surface area contributed by atoms with Crippen molar-refractivity contribution in [2.75, 3.05) is 6.54 Å². The van der Waals surface area contributed by atoms with Crippen LogP contribution in [0.2, 0.25) is 0 Å². The molecule has 0 unspecified atom stereocenters. The van der Waals surface area contributed by atoms with Gasteiger partial charge in [0.25, 0.3) is 0 Å². The van der Waals surface area contributed by atoms with E-state index in [1.54, 1.807) is 6.26 Å². The van der Waals surface area contributed by atoms with Crippen molar-refractivity contribution in [1.82, 2.24) is 5.32 Å². The molecule has 0 aliphatic rings. The first-order valence-corrected chi connectivity index (χ1v) is 7.58. The SMILES string of the molecule is Cc1ccc(CCCCNC(=O)CCc2ccco2)cc1. The third-order valence-electron chi connectivity index (χ3n) is 3.51. The second kappa shape index (κ2) is 8.30. The number of nitrogens with one attached hydrogen (secondary N) is 1. The van der Waals surface area contributed by atoms with Crippen LogP contribution in [0.1, 0.15) is 36.1 Å². The zero-order valence-electron chi connectivity index (χ0n) is 12.6. The van der Waals surface area contributed by atoms with Gasteiger partial charge in [-0.3, -0.25) is 4.79 Å². The molecule has 2 rings (SSSR count). The van der Waals surface area contributed by atoms with Gasteiger partial charge in [0.1, 0.15) is 5.76 Å². The molecule has 0 atom stereocenters. The molecule has 1 aromatic heterocycles. The highest BCUT2D eigenvalue weighted by Crippen LogP contribution is 2.07. The molecule has 3 nitrogen and oxygen atoms in total. The Hall–Kier alpha value is -2.03. The van der Waals surface area contributed by atoms with Gasteiger partial charge in [0.05, 0.1) is 6.26 Å². The van der Waals surface area contributed by atoms with Gasteiger partial charge in [-0.2, -0.15) is 0 Å². The van der Waals surface area contributed by atoms with Crippen LogP contribution in [0.25, 0.3) is 0 Å². The van der Waals surface area contributed by atoms with E-state index >= 15 is 0 Å². The van der Waals surface area contributed by atoms with Crippen molar-refractivity contribution in [3.63, 3.8) is 0 Å². The average Bonchev–Trinajstić information content (AvgIpc) is 3.00. The summed E-state index contributed by atoms with van der Waals surface area (Å²) >= 11 is 0. The van der Waals surface area contributed by atoms with Crippen molar-refractivity contribution >= 4 is 5.91 Å². The van der Waals surface area contributed by atoms with Gasteiger partial charge < -0.3 is 9.73 Å². The van der Waals surface area contributed by atoms with Crippen LogP contribution in [-0.4, -0.2) is 12.5 Å². The summed E-state index contributed by atoms with van der Waals surface area (Å²) in [7, 11) is 0. The number of aryl methyl sites for hydroxylation is 3. The molecule has 0 saturated carbocycles. The monoisotopic (exact) mass is 285 g/mol. The smallest absolute Gasteiger partial charge is 0.220 e. The number of hydrogen-bond acceptors (Lipinski definition) is 2. The number of unbranched alkanes of at least 4 members (excludes halogenated alkanes) is 1. The van der Waals surface area contributed by atoms with Crippen molar-refractivity contribution < 1.29 is 9.21 Å². The number of furan rings is 1. The number of rotatable bonds is 8. The van der Waals surface area contributed by atoms with Crippen LogP contribution < -0.4 is 5.32 Å². The Balaban J connectivity index is 1.53. The lowest BCUT2D eigenvalue weighted by Crippen LogP contribution is -2.24. The summed E-state index contributed by atoms with van der Waals surface area (Å²) in [6.07, 6.45) is 5.98. The molecular weight excluding hydrogens is 262 g/mol. The fraction of sp³-hybridized carbons (Fsp3) is 0.389. The first kappa shape index (κ1) is 15.4. The van der Waals surface area contributed by atoms with E-state index in [-0.39, 0.29) is 5.91 Å². The maximum atomic E-state index is 11.7. The van der Waals surface area contributed by atoms with Crippen molar-refractivity contribution in [3.8, 4) is 0 Å². The highest BCUT2D eigenvalue weighted by Gasteiger charge is 2.03. The van der Waals surface area contributed by atoms with Gasteiger partial charge in [0.2, 0.25) is 5.91 Å². The Morgan fingerprint density at radius 3 is 2.62 bits per heavy atom. The lowest BCUT2D eigenvalue weighted by atomic mass is 10.1. The normalized spacial score (nSPS) is 10.5. The molecule has 0 aliphatic heterocycles. The maximum absolute atomic E-state index is 11.7. The van der Waals surface area contributed by atoms with Crippen molar-refractivity contribution in [2.45, 2.75) is 39.0 Å². The Morgan fingerprint density at radius 2 is 1.90 bits per heavy atom. The second-order valence-corrected chi connectivity index (χ2v) is 5.37. The van der Waals surface area contributed by atoms with E-state index in [9.17, 15) is 4.79 Å². The van der Waals surface area contributed by atoms with Crippen LogP contribution in [0.5, 0.6) is 0 Å². The Bertz CT molecular complexity index is 529. The molecule has 1 aromatic carbocycles. The van der Waals surface area contributed by atoms with Crippen LogP contribution in [0.3, 0.4) is 0 Å². The third-order valence-corrected chi connectivity index (χ3v) is 3.51. The highest BCUT2D eigenvalue weighted by molar-refractivity contribution is 5.75. The van der Waals surface area contributed by atoms with Gasteiger partial charge in [-0.25, -0.2) is 0 Å². The molecular formula is C18H23NO2. The molecule has 0 radical (unpaired) electrons. The number of benzene rings is 1. The van der Waals surface area contributed by atoms with Gasteiger partial charge in [-0.15, -0.1) is 0 Å². The Kier molecular flexibility index (Phi) is 6.07. The standard InChI is InChI=1S/C18H23NO2/c1-15-7-9-16(10-8-15)5-2-3-13-19-18(20)12-11-17-6-4-14-21-17/h4,6-10,14H,2-3,5,11-13H2,1H3,(H,19,20). The van der Waals surface area contributed by atoms with Gasteiger partial charge in [-0.1, -0.05) is 29.8 Å². The molecule has 3 heteroatoms. The minimum atomic E-state index is 0.0988. The van der Waals surface area contributed by atoms with Crippen LogP contribution in [0, 0.1) is 6.92 Å². The fourth-order valence-electron chi connectivity index (χ4n) is 2.22. The Labute approximate surface area is 126 Å². The molecule has 1 N–H and O–H groups in total. The molecule has 0 aliphatic carbocycles. The summed E-state index contributed by atoms with van der Waals surface area (Å²) in [5, 5.41) is 2.96. The zero-order chi connectivity index (χ0) is 14.9. The van der Waals surface area contributed by atoms with E-state index in [1.165, 1.54) is 11.1 Å². The van der Waals surface area contributed by atoms with E-state index in [4.69, 9.17) is 4.42 Å². The topological polar surface area (TPSA) is 42.2 Å². The Morgan fingerprint density at radius 1 is 1.10 bits per heavy atom. The number of hydrogen-bond donors (Lipinski definition) is 1. The lowest BCUT2D eigenvalue weighted by Gasteiger charge is -2.05. The van der Waals surface area contributed by atoms with E-state index < -0.39 is 0 Å². The molecule has 112 valence electrons. The van der Waals surface area contributed by atoms with Crippen LogP contribution in [-0.2, 0) is 17.6 Å². The van der Waals surface area contributed by atoms with Crippen molar-refractivity contribution in [1.29, 1.82) is 0 Å². The first-order chi connectivity index (χ1) is 10.2. The van der Waals surface area contributed by atoms with Crippen molar-refractivity contribution in [3.05, 3.63) is 59.5 Å². The fourth-order valence-corrected chi connectivity index (χ4v) is 2.22. The average molecular weight is 285 g/mol. The number of carbonyl (C=O) groups excluding carboxylic acids is 1. The number of amides is 1. The van der Waals surface area contributed by atoms with Gasteiger partial charge in [0.15, 0.2) is 0 Å².